The molecular weight excluding hydrogens is 276 g/mol. The summed E-state index contributed by atoms with van der Waals surface area (Å²) in [5, 5.41) is 13.2. The number of nitrogen functional groups attached to an aromatic ring is 1. The van der Waals surface area contributed by atoms with E-state index in [1.165, 1.54) is 19.4 Å². The van der Waals surface area contributed by atoms with Gasteiger partial charge in [-0.25, -0.2) is 0 Å². The van der Waals surface area contributed by atoms with Crippen LogP contribution in [0.3, 0.4) is 0 Å². The average Bonchev–Trinajstić information content (AvgIpc) is 2.67. The smallest absolute Gasteiger partial charge is 0.229 e. The van der Waals surface area contributed by atoms with Crippen molar-refractivity contribution in [3.8, 4) is 22.6 Å². The maximum absolute atomic E-state index is 9.67. The first-order chi connectivity index (χ1) is 7.63. The Morgan fingerprint density at radius 3 is 2.75 bits per heavy atom. The lowest BCUT2D eigenvalue weighted by atomic mass is 10.1. The SMILES string of the molecule is COc1cc(Br)c(-c2cnoc2N)cc1O. The number of rotatable bonds is 2. The van der Waals surface area contributed by atoms with Gasteiger partial charge in [-0.1, -0.05) is 21.1 Å². The van der Waals surface area contributed by atoms with Crippen LogP contribution < -0.4 is 10.5 Å². The predicted molar refractivity (Wildman–Crippen MR) is 62.3 cm³/mol. The van der Waals surface area contributed by atoms with Gasteiger partial charge in [-0.3, -0.25) is 0 Å². The molecule has 16 heavy (non-hydrogen) atoms. The number of hydrogen-bond acceptors (Lipinski definition) is 5. The van der Waals surface area contributed by atoms with Gasteiger partial charge in [0.05, 0.1) is 18.9 Å². The third-order valence-corrected chi connectivity index (χ3v) is 2.81. The number of aromatic nitrogens is 1. The van der Waals surface area contributed by atoms with Crippen LogP contribution in [0.1, 0.15) is 0 Å². The topological polar surface area (TPSA) is 81.5 Å². The Labute approximate surface area is 99.9 Å². The van der Waals surface area contributed by atoms with Gasteiger partial charge in [-0.05, 0) is 12.1 Å². The number of ether oxygens (including phenoxy) is 1. The van der Waals surface area contributed by atoms with Crippen LogP contribution in [0.15, 0.2) is 27.3 Å². The van der Waals surface area contributed by atoms with Crippen molar-refractivity contribution in [3.05, 3.63) is 22.8 Å². The van der Waals surface area contributed by atoms with E-state index in [9.17, 15) is 5.11 Å². The van der Waals surface area contributed by atoms with E-state index in [2.05, 4.69) is 21.1 Å². The number of halogens is 1. The number of phenols is 1. The summed E-state index contributed by atoms with van der Waals surface area (Å²) in [5.74, 6) is 0.609. The first kappa shape index (κ1) is 10.8. The lowest BCUT2D eigenvalue weighted by Crippen LogP contribution is -1.88. The molecule has 0 spiro atoms. The molecule has 1 heterocycles. The summed E-state index contributed by atoms with van der Waals surface area (Å²) < 4.78 is 10.5. The van der Waals surface area contributed by atoms with Crippen molar-refractivity contribution < 1.29 is 14.4 Å². The number of nitrogens with two attached hydrogens (primary N) is 1. The summed E-state index contributed by atoms with van der Waals surface area (Å²) in [5.41, 5.74) is 6.91. The van der Waals surface area contributed by atoms with E-state index in [0.29, 0.717) is 16.9 Å². The van der Waals surface area contributed by atoms with Crippen molar-refractivity contribution in [2.75, 3.05) is 12.8 Å². The molecule has 0 atom stereocenters. The van der Waals surface area contributed by atoms with Crippen LogP contribution in [0, 0.1) is 0 Å². The van der Waals surface area contributed by atoms with Gasteiger partial charge < -0.3 is 20.1 Å². The molecule has 0 aliphatic rings. The maximum Gasteiger partial charge on any atom is 0.229 e. The Balaban J connectivity index is 2.59. The Kier molecular flexibility index (Phi) is 2.74. The molecule has 5 nitrogen and oxygen atoms in total. The first-order valence-electron chi connectivity index (χ1n) is 4.40. The maximum atomic E-state index is 9.67. The minimum atomic E-state index is 0.0290. The van der Waals surface area contributed by atoms with E-state index in [-0.39, 0.29) is 11.6 Å². The molecular formula is C10H9BrN2O3. The quantitative estimate of drug-likeness (QED) is 0.885. The Morgan fingerprint density at radius 1 is 1.44 bits per heavy atom. The zero-order chi connectivity index (χ0) is 11.7. The van der Waals surface area contributed by atoms with Crippen molar-refractivity contribution in [1.82, 2.24) is 5.16 Å². The summed E-state index contributed by atoms with van der Waals surface area (Å²) in [4.78, 5) is 0. The molecule has 0 radical (unpaired) electrons. The van der Waals surface area contributed by atoms with Crippen molar-refractivity contribution in [2.24, 2.45) is 0 Å². The fraction of sp³-hybridized carbons (Fsp3) is 0.100. The van der Waals surface area contributed by atoms with Crippen LogP contribution in [-0.4, -0.2) is 17.4 Å². The third kappa shape index (κ3) is 1.71. The van der Waals surface area contributed by atoms with Gasteiger partial charge in [0, 0.05) is 10.0 Å². The molecule has 2 aromatic rings. The van der Waals surface area contributed by atoms with Crippen LogP contribution in [0.4, 0.5) is 5.88 Å². The minimum Gasteiger partial charge on any atom is -0.504 e. The van der Waals surface area contributed by atoms with Gasteiger partial charge in [0.2, 0.25) is 5.88 Å². The van der Waals surface area contributed by atoms with Crippen LogP contribution >= 0.6 is 15.9 Å². The number of hydrogen-bond donors (Lipinski definition) is 2. The standard InChI is InChI=1S/C10H9BrN2O3/c1-15-9-3-7(11)5(2-8(9)14)6-4-13-16-10(6)12/h2-4,14H,12H2,1H3. The van der Waals surface area contributed by atoms with Gasteiger partial charge in [-0.2, -0.15) is 0 Å². The summed E-state index contributed by atoms with van der Waals surface area (Å²) in [7, 11) is 1.48. The summed E-state index contributed by atoms with van der Waals surface area (Å²) in [6, 6.07) is 3.18. The predicted octanol–water partition coefficient (Wildman–Crippen LogP) is 2.40. The van der Waals surface area contributed by atoms with E-state index in [1.807, 2.05) is 0 Å². The molecule has 0 fully saturated rings. The molecule has 84 valence electrons. The lowest BCUT2D eigenvalue weighted by Gasteiger charge is -2.07. The fourth-order valence-corrected chi connectivity index (χ4v) is 1.90. The summed E-state index contributed by atoms with van der Waals surface area (Å²) >= 11 is 3.36. The van der Waals surface area contributed by atoms with Gasteiger partial charge in [0.1, 0.15) is 0 Å². The normalized spacial score (nSPS) is 10.4. The molecule has 6 heteroatoms. The van der Waals surface area contributed by atoms with E-state index >= 15 is 0 Å². The molecule has 0 aliphatic carbocycles. The van der Waals surface area contributed by atoms with Gasteiger partial charge in [0.15, 0.2) is 11.5 Å². The highest BCUT2D eigenvalue weighted by Crippen LogP contribution is 2.39. The molecule has 0 saturated heterocycles. The summed E-state index contributed by atoms with van der Waals surface area (Å²) in [6.07, 6.45) is 1.49. The number of methoxy groups -OCH3 is 1. The first-order valence-corrected chi connectivity index (χ1v) is 5.19. The van der Waals surface area contributed by atoms with Gasteiger partial charge in [0.25, 0.3) is 0 Å². The van der Waals surface area contributed by atoms with E-state index in [4.69, 9.17) is 15.0 Å². The van der Waals surface area contributed by atoms with Crippen LogP contribution in [0.5, 0.6) is 11.5 Å². The van der Waals surface area contributed by atoms with E-state index in [0.717, 1.165) is 4.47 Å². The zero-order valence-corrected chi connectivity index (χ0v) is 9.98. The Hall–Kier alpha value is -1.69. The molecule has 1 aromatic carbocycles. The molecule has 0 amide bonds. The number of anilines is 1. The largest absolute Gasteiger partial charge is 0.504 e. The average molecular weight is 285 g/mol. The molecule has 2 rings (SSSR count). The van der Waals surface area contributed by atoms with Crippen LogP contribution in [-0.2, 0) is 0 Å². The van der Waals surface area contributed by atoms with E-state index < -0.39 is 0 Å². The van der Waals surface area contributed by atoms with Crippen molar-refractivity contribution in [1.29, 1.82) is 0 Å². The molecule has 0 bridgehead atoms. The number of aromatic hydroxyl groups is 1. The molecule has 3 N–H and O–H groups in total. The lowest BCUT2D eigenvalue weighted by molar-refractivity contribution is 0.373. The van der Waals surface area contributed by atoms with Gasteiger partial charge >= 0.3 is 0 Å². The molecule has 1 aromatic heterocycles. The van der Waals surface area contributed by atoms with Gasteiger partial charge in [-0.15, -0.1) is 0 Å². The monoisotopic (exact) mass is 284 g/mol. The number of benzene rings is 1. The number of phenolic OH excluding ortho intramolecular Hbond substituents is 1. The molecule has 0 unspecified atom stereocenters. The van der Waals surface area contributed by atoms with Crippen molar-refractivity contribution in [3.63, 3.8) is 0 Å². The van der Waals surface area contributed by atoms with Crippen molar-refractivity contribution in [2.45, 2.75) is 0 Å². The Bertz CT molecular complexity index is 525. The van der Waals surface area contributed by atoms with Crippen LogP contribution in [0.2, 0.25) is 0 Å². The summed E-state index contributed by atoms with van der Waals surface area (Å²) in [6.45, 7) is 0. The minimum absolute atomic E-state index is 0.0290. The molecule has 0 aliphatic heterocycles. The fourth-order valence-electron chi connectivity index (χ4n) is 1.36. The number of nitrogens with zero attached hydrogens (tertiary/aromatic N) is 1. The third-order valence-electron chi connectivity index (χ3n) is 2.16. The zero-order valence-electron chi connectivity index (χ0n) is 8.40. The van der Waals surface area contributed by atoms with E-state index in [1.54, 1.807) is 6.07 Å². The second-order valence-corrected chi connectivity index (χ2v) is 3.96. The highest BCUT2D eigenvalue weighted by Gasteiger charge is 2.14. The molecule has 0 saturated carbocycles. The second kappa shape index (κ2) is 4.05. The second-order valence-electron chi connectivity index (χ2n) is 3.11. The highest BCUT2D eigenvalue weighted by molar-refractivity contribution is 9.10. The Morgan fingerprint density at radius 2 is 2.19 bits per heavy atom. The van der Waals surface area contributed by atoms with Crippen molar-refractivity contribution >= 4 is 21.8 Å². The van der Waals surface area contributed by atoms with Crippen LogP contribution in [0.25, 0.3) is 11.1 Å². The highest BCUT2D eigenvalue weighted by atomic mass is 79.9.